The molecule has 0 spiro atoms. The van der Waals surface area contributed by atoms with Crippen LogP contribution in [0.15, 0.2) is 24.3 Å². The first-order valence-corrected chi connectivity index (χ1v) is 6.80. The smallest absolute Gasteiger partial charge is 0.00767 e. The van der Waals surface area contributed by atoms with Gasteiger partial charge < -0.3 is 10.6 Å². The minimum Gasteiger partial charge on any atom is -0.315 e. The van der Waals surface area contributed by atoms with Crippen molar-refractivity contribution >= 4 is 0 Å². The molecule has 0 saturated heterocycles. The Morgan fingerprint density at radius 1 is 0.882 bits per heavy atom. The van der Waals surface area contributed by atoms with Crippen LogP contribution in [-0.2, 0) is 6.42 Å². The summed E-state index contributed by atoms with van der Waals surface area (Å²) in [6.45, 7) is 8.73. The quantitative estimate of drug-likeness (QED) is 0.642. The Hall–Kier alpha value is -0.860. The highest BCUT2D eigenvalue weighted by Crippen LogP contribution is 2.04. The summed E-state index contributed by atoms with van der Waals surface area (Å²) in [5.74, 6) is 0. The van der Waals surface area contributed by atoms with Crippen molar-refractivity contribution in [2.75, 3.05) is 26.2 Å². The van der Waals surface area contributed by atoms with E-state index in [0.29, 0.717) is 0 Å². The van der Waals surface area contributed by atoms with Crippen LogP contribution in [0.4, 0.5) is 0 Å². The first-order valence-electron chi connectivity index (χ1n) is 6.80. The molecule has 17 heavy (non-hydrogen) atoms. The van der Waals surface area contributed by atoms with Crippen LogP contribution in [-0.4, -0.2) is 26.2 Å². The molecule has 0 amide bonds. The summed E-state index contributed by atoms with van der Waals surface area (Å²) in [5, 5.41) is 6.85. The normalized spacial score (nSPS) is 10.7. The van der Waals surface area contributed by atoms with E-state index < -0.39 is 0 Å². The van der Waals surface area contributed by atoms with E-state index in [1.165, 1.54) is 30.4 Å². The summed E-state index contributed by atoms with van der Waals surface area (Å²) in [6.07, 6.45) is 3.61. The Bertz CT molecular complexity index is 279. The fourth-order valence-corrected chi connectivity index (χ4v) is 1.78. The van der Waals surface area contributed by atoms with Gasteiger partial charge in [0.25, 0.3) is 0 Å². The minimum atomic E-state index is 1.08. The standard InChI is InChI=1S/C15H26N2/c1-3-10-16-12-13-17-11-4-5-15-8-6-14(2)7-9-15/h6-9,16-17H,3-5,10-13H2,1-2H3. The van der Waals surface area contributed by atoms with Gasteiger partial charge in [-0.25, -0.2) is 0 Å². The van der Waals surface area contributed by atoms with E-state index in [1.54, 1.807) is 0 Å². The Morgan fingerprint density at radius 2 is 1.53 bits per heavy atom. The third-order valence-electron chi connectivity index (χ3n) is 2.84. The summed E-state index contributed by atoms with van der Waals surface area (Å²) in [5.41, 5.74) is 2.79. The molecular formula is C15H26N2. The Balaban J connectivity index is 1.95. The van der Waals surface area contributed by atoms with Crippen molar-refractivity contribution < 1.29 is 0 Å². The molecule has 0 aromatic heterocycles. The highest BCUT2D eigenvalue weighted by atomic mass is 14.9. The van der Waals surface area contributed by atoms with Gasteiger partial charge in [0.2, 0.25) is 0 Å². The third kappa shape index (κ3) is 7.14. The number of aryl methyl sites for hydroxylation is 2. The van der Waals surface area contributed by atoms with Crippen molar-refractivity contribution in [1.82, 2.24) is 10.6 Å². The highest BCUT2D eigenvalue weighted by molar-refractivity contribution is 5.21. The van der Waals surface area contributed by atoms with E-state index in [0.717, 1.165) is 26.2 Å². The minimum absolute atomic E-state index is 1.08. The van der Waals surface area contributed by atoms with Crippen LogP contribution < -0.4 is 10.6 Å². The molecule has 0 atom stereocenters. The van der Waals surface area contributed by atoms with E-state index >= 15 is 0 Å². The van der Waals surface area contributed by atoms with Crippen LogP contribution >= 0.6 is 0 Å². The molecule has 1 aromatic carbocycles. The predicted molar refractivity (Wildman–Crippen MR) is 75.5 cm³/mol. The number of nitrogens with one attached hydrogen (secondary N) is 2. The summed E-state index contributed by atoms with van der Waals surface area (Å²) >= 11 is 0. The lowest BCUT2D eigenvalue weighted by Gasteiger charge is -2.06. The molecule has 1 rings (SSSR count). The molecule has 2 N–H and O–H groups in total. The predicted octanol–water partition coefficient (Wildman–Crippen LogP) is 2.52. The van der Waals surface area contributed by atoms with Crippen molar-refractivity contribution in [2.24, 2.45) is 0 Å². The van der Waals surface area contributed by atoms with Crippen molar-refractivity contribution in [3.8, 4) is 0 Å². The van der Waals surface area contributed by atoms with Crippen LogP contribution in [0.25, 0.3) is 0 Å². The largest absolute Gasteiger partial charge is 0.315 e. The Kier molecular flexibility index (Phi) is 7.69. The maximum absolute atomic E-state index is 3.46. The van der Waals surface area contributed by atoms with Gasteiger partial charge in [-0.15, -0.1) is 0 Å². The molecule has 2 heteroatoms. The molecule has 0 unspecified atom stereocenters. The fraction of sp³-hybridized carbons (Fsp3) is 0.600. The van der Waals surface area contributed by atoms with E-state index in [-0.39, 0.29) is 0 Å². The monoisotopic (exact) mass is 234 g/mol. The SMILES string of the molecule is CCCNCCNCCCc1ccc(C)cc1. The number of hydrogen-bond donors (Lipinski definition) is 2. The van der Waals surface area contributed by atoms with E-state index in [1.807, 2.05) is 0 Å². The molecule has 0 aliphatic carbocycles. The average Bonchev–Trinajstić information content (AvgIpc) is 2.35. The van der Waals surface area contributed by atoms with Crippen molar-refractivity contribution in [3.05, 3.63) is 35.4 Å². The number of hydrogen-bond acceptors (Lipinski definition) is 2. The van der Waals surface area contributed by atoms with Crippen LogP contribution in [0.2, 0.25) is 0 Å². The lowest BCUT2D eigenvalue weighted by atomic mass is 10.1. The van der Waals surface area contributed by atoms with Gasteiger partial charge in [-0.2, -0.15) is 0 Å². The molecule has 0 heterocycles. The summed E-state index contributed by atoms with van der Waals surface area (Å²) in [6, 6.07) is 8.85. The number of rotatable bonds is 9. The van der Waals surface area contributed by atoms with Gasteiger partial charge in [0.1, 0.15) is 0 Å². The Morgan fingerprint density at radius 3 is 2.18 bits per heavy atom. The van der Waals surface area contributed by atoms with Crippen molar-refractivity contribution in [2.45, 2.75) is 33.1 Å². The lowest BCUT2D eigenvalue weighted by Crippen LogP contribution is -2.28. The zero-order valence-corrected chi connectivity index (χ0v) is 11.3. The molecule has 0 bridgehead atoms. The molecule has 0 aliphatic rings. The Labute approximate surface area is 106 Å². The summed E-state index contributed by atoms with van der Waals surface area (Å²) in [4.78, 5) is 0. The van der Waals surface area contributed by atoms with Gasteiger partial charge in [0, 0.05) is 13.1 Å². The molecule has 96 valence electrons. The van der Waals surface area contributed by atoms with Crippen LogP contribution in [0, 0.1) is 6.92 Å². The second-order valence-electron chi connectivity index (χ2n) is 4.59. The first-order chi connectivity index (χ1) is 8.33. The summed E-state index contributed by atoms with van der Waals surface area (Å²) < 4.78 is 0. The van der Waals surface area contributed by atoms with Crippen molar-refractivity contribution in [1.29, 1.82) is 0 Å². The molecular weight excluding hydrogens is 208 g/mol. The van der Waals surface area contributed by atoms with Crippen LogP contribution in [0.3, 0.4) is 0 Å². The molecule has 0 radical (unpaired) electrons. The van der Waals surface area contributed by atoms with Gasteiger partial charge in [0.05, 0.1) is 0 Å². The van der Waals surface area contributed by atoms with E-state index in [2.05, 4.69) is 48.7 Å². The van der Waals surface area contributed by atoms with Crippen LogP contribution in [0.5, 0.6) is 0 Å². The van der Waals surface area contributed by atoms with E-state index in [9.17, 15) is 0 Å². The lowest BCUT2D eigenvalue weighted by molar-refractivity contribution is 0.593. The number of benzene rings is 1. The van der Waals surface area contributed by atoms with Crippen LogP contribution in [0.1, 0.15) is 30.9 Å². The van der Waals surface area contributed by atoms with E-state index in [4.69, 9.17) is 0 Å². The zero-order chi connectivity index (χ0) is 12.3. The van der Waals surface area contributed by atoms with Gasteiger partial charge in [-0.3, -0.25) is 0 Å². The van der Waals surface area contributed by atoms with Crippen molar-refractivity contribution in [3.63, 3.8) is 0 Å². The molecule has 0 fully saturated rings. The molecule has 0 saturated carbocycles. The zero-order valence-electron chi connectivity index (χ0n) is 11.3. The molecule has 1 aromatic rings. The average molecular weight is 234 g/mol. The fourth-order valence-electron chi connectivity index (χ4n) is 1.78. The highest BCUT2D eigenvalue weighted by Gasteiger charge is 1.93. The van der Waals surface area contributed by atoms with Gasteiger partial charge in [0.15, 0.2) is 0 Å². The third-order valence-corrected chi connectivity index (χ3v) is 2.84. The summed E-state index contributed by atoms with van der Waals surface area (Å²) in [7, 11) is 0. The molecule has 0 aliphatic heterocycles. The van der Waals surface area contributed by atoms with Gasteiger partial charge in [-0.05, 0) is 44.8 Å². The second-order valence-corrected chi connectivity index (χ2v) is 4.59. The maximum Gasteiger partial charge on any atom is 0.00767 e. The molecule has 2 nitrogen and oxygen atoms in total. The first kappa shape index (κ1) is 14.2. The second kappa shape index (κ2) is 9.20. The maximum atomic E-state index is 3.46. The topological polar surface area (TPSA) is 24.1 Å². The van der Waals surface area contributed by atoms with Gasteiger partial charge in [-0.1, -0.05) is 36.8 Å². The van der Waals surface area contributed by atoms with Gasteiger partial charge >= 0.3 is 0 Å².